The van der Waals surface area contributed by atoms with Crippen molar-refractivity contribution in [3.63, 3.8) is 0 Å². The molecule has 0 saturated heterocycles. The summed E-state index contributed by atoms with van der Waals surface area (Å²) in [6.45, 7) is 6.11. The van der Waals surface area contributed by atoms with Gasteiger partial charge in [0.2, 0.25) is 0 Å². The highest BCUT2D eigenvalue weighted by atomic mass is 16.4. The zero-order valence-electron chi connectivity index (χ0n) is 11.5. The lowest BCUT2D eigenvalue weighted by Crippen LogP contribution is -2.39. The van der Waals surface area contributed by atoms with E-state index in [1.165, 1.54) is 5.56 Å². The Morgan fingerprint density at radius 3 is 2.22 bits per heavy atom. The van der Waals surface area contributed by atoms with Gasteiger partial charge in [0.25, 0.3) is 0 Å². The van der Waals surface area contributed by atoms with E-state index in [-0.39, 0.29) is 5.92 Å². The number of carboxylic acid groups (broad SMARTS) is 1. The molecule has 0 spiro atoms. The summed E-state index contributed by atoms with van der Waals surface area (Å²) in [6, 6.07) is 8.19. The molecule has 1 rings (SSSR count). The SMILES string of the molecule is CC(CC(Cc1ccc([NH3+])cc1)C(C)C)C(=O)O. The molecular formula is C15H24NO2+. The molecule has 3 heteroatoms. The molecular weight excluding hydrogens is 226 g/mol. The van der Waals surface area contributed by atoms with Crippen molar-refractivity contribution in [2.45, 2.75) is 33.6 Å². The molecule has 0 aliphatic heterocycles. The average Bonchev–Trinajstić information content (AvgIpc) is 2.30. The molecule has 0 amide bonds. The summed E-state index contributed by atoms with van der Waals surface area (Å²) in [5.74, 6) is -0.0729. The first-order valence-corrected chi connectivity index (χ1v) is 6.54. The molecule has 4 N–H and O–H groups in total. The van der Waals surface area contributed by atoms with Crippen LogP contribution in [-0.4, -0.2) is 11.1 Å². The Labute approximate surface area is 109 Å². The first-order valence-electron chi connectivity index (χ1n) is 6.54. The lowest BCUT2D eigenvalue weighted by Gasteiger charge is -2.22. The van der Waals surface area contributed by atoms with E-state index in [1.54, 1.807) is 6.92 Å². The number of quaternary nitrogens is 1. The predicted molar refractivity (Wildman–Crippen MR) is 72.4 cm³/mol. The van der Waals surface area contributed by atoms with Crippen molar-refractivity contribution >= 4 is 11.7 Å². The van der Waals surface area contributed by atoms with Crippen molar-refractivity contribution in [3.05, 3.63) is 29.8 Å². The molecule has 100 valence electrons. The molecule has 18 heavy (non-hydrogen) atoms. The molecule has 0 fully saturated rings. The fourth-order valence-corrected chi connectivity index (χ4v) is 2.12. The molecule has 2 atom stereocenters. The molecule has 2 unspecified atom stereocenters. The summed E-state index contributed by atoms with van der Waals surface area (Å²) in [5.41, 5.74) is 6.15. The van der Waals surface area contributed by atoms with Crippen LogP contribution in [0.4, 0.5) is 5.69 Å². The van der Waals surface area contributed by atoms with Gasteiger partial charge in [0, 0.05) is 0 Å². The van der Waals surface area contributed by atoms with Crippen molar-refractivity contribution in [1.29, 1.82) is 0 Å². The lowest BCUT2D eigenvalue weighted by atomic mass is 9.82. The van der Waals surface area contributed by atoms with Crippen LogP contribution >= 0.6 is 0 Å². The Kier molecular flexibility index (Phi) is 5.35. The zero-order valence-corrected chi connectivity index (χ0v) is 11.5. The van der Waals surface area contributed by atoms with E-state index in [1.807, 2.05) is 12.1 Å². The van der Waals surface area contributed by atoms with Crippen LogP contribution in [-0.2, 0) is 11.2 Å². The van der Waals surface area contributed by atoms with Gasteiger partial charge in [0.15, 0.2) is 0 Å². The second kappa shape index (κ2) is 6.55. The van der Waals surface area contributed by atoms with Crippen molar-refractivity contribution in [1.82, 2.24) is 0 Å². The van der Waals surface area contributed by atoms with Crippen molar-refractivity contribution in [2.75, 3.05) is 0 Å². The van der Waals surface area contributed by atoms with Crippen molar-refractivity contribution < 1.29 is 15.6 Å². The van der Waals surface area contributed by atoms with E-state index in [0.29, 0.717) is 11.8 Å². The van der Waals surface area contributed by atoms with Crippen LogP contribution < -0.4 is 5.73 Å². The maximum absolute atomic E-state index is 10.9. The number of benzene rings is 1. The molecule has 3 nitrogen and oxygen atoms in total. The third-order valence-electron chi connectivity index (χ3n) is 3.54. The van der Waals surface area contributed by atoms with Gasteiger partial charge < -0.3 is 10.8 Å². The molecule has 0 aliphatic rings. The van der Waals surface area contributed by atoms with Gasteiger partial charge >= 0.3 is 5.97 Å². The standard InChI is InChI=1S/C15H23NO2/c1-10(2)13(8-11(3)15(17)18)9-12-4-6-14(16)7-5-12/h4-7,10-11,13H,8-9,16H2,1-3H3,(H,17,18)/p+1. The number of hydrogen-bond donors (Lipinski definition) is 2. The average molecular weight is 250 g/mol. The molecule has 0 radical (unpaired) electrons. The Morgan fingerprint density at radius 1 is 1.22 bits per heavy atom. The van der Waals surface area contributed by atoms with Crippen LogP contribution in [0.5, 0.6) is 0 Å². The topological polar surface area (TPSA) is 64.9 Å². The highest BCUT2D eigenvalue weighted by Gasteiger charge is 2.21. The number of carbonyl (C=O) groups is 1. The third-order valence-corrected chi connectivity index (χ3v) is 3.54. The van der Waals surface area contributed by atoms with Crippen LogP contribution in [0, 0.1) is 17.8 Å². The van der Waals surface area contributed by atoms with Crippen LogP contribution in [0.2, 0.25) is 0 Å². The van der Waals surface area contributed by atoms with Gasteiger partial charge in [0.05, 0.1) is 5.92 Å². The minimum absolute atomic E-state index is 0.274. The van der Waals surface area contributed by atoms with Gasteiger partial charge in [-0.3, -0.25) is 4.79 Å². The third kappa shape index (κ3) is 4.49. The fraction of sp³-hybridized carbons (Fsp3) is 0.533. The van der Waals surface area contributed by atoms with Crippen molar-refractivity contribution in [2.24, 2.45) is 17.8 Å². The van der Waals surface area contributed by atoms with Crippen molar-refractivity contribution in [3.8, 4) is 0 Å². The van der Waals surface area contributed by atoms with Crippen LogP contribution in [0.25, 0.3) is 0 Å². The number of carboxylic acids is 1. The van der Waals surface area contributed by atoms with Crippen LogP contribution in [0.1, 0.15) is 32.8 Å². The molecule has 0 heterocycles. The first-order chi connectivity index (χ1) is 8.40. The van der Waals surface area contributed by atoms with E-state index in [2.05, 4.69) is 31.7 Å². The van der Waals surface area contributed by atoms with Crippen LogP contribution in [0.15, 0.2) is 24.3 Å². The van der Waals surface area contributed by atoms with Gasteiger partial charge in [-0.05, 0) is 42.4 Å². The molecule has 1 aromatic carbocycles. The van der Waals surface area contributed by atoms with Gasteiger partial charge in [-0.2, -0.15) is 0 Å². The number of rotatable bonds is 6. The normalized spacial score (nSPS) is 14.5. The fourth-order valence-electron chi connectivity index (χ4n) is 2.12. The molecule has 0 aliphatic carbocycles. The highest BCUT2D eigenvalue weighted by molar-refractivity contribution is 5.69. The highest BCUT2D eigenvalue weighted by Crippen LogP contribution is 2.25. The molecule has 0 bridgehead atoms. The number of hydrogen-bond acceptors (Lipinski definition) is 1. The first kappa shape index (κ1) is 14.7. The minimum atomic E-state index is -0.700. The van der Waals surface area contributed by atoms with E-state index in [4.69, 9.17) is 5.11 Å². The Hall–Kier alpha value is -1.35. The Morgan fingerprint density at radius 2 is 1.78 bits per heavy atom. The number of aliphatic carboxylic acids is 1. The Balaban J connectivity index is 2.68. The predicted octanol–water partition coefficient (Wildman–Crippen LogP) is 2.49. The van der Waals surface area contributed by atoms with E-state index in [9.17, 15) is 4.79 Å². The summed E-state index contributed by atoms with van der Waals surface area (Å²) in [5, 5.41) is 9.01. The van der Waals surface area contributed by atoms with Gasteiger partial charge in [-0.15, -0.1) is 0 Å². The maximum atomic E-state index is 10.9. The summed E-state index contributed by atoms with van der Waals surface area (Å²) in [6.07, 6.45) is 1.68. The largest absolute Gasteiger partial charge is 0.481 e. The lowest BCUT2D eigenvalue weighted by molar-refractivity contribution is -0.254. The summed E-state index contributed by atoms with van der Waals surface area (Å²) < 4.78 is 0. The maximum Gasteiger partial charge on any atom is 0.306 e. The van der Waals surface area contributed by atoms with E-state index >= 15 is 0 Å². The zero-order chi connectivity index (χ0) is 13.7. The quantitative estimate of drug-likeness (QED) is 0.814. The van der Waals surface area contributed by atoms with Gasteiger partial charge in [0.1, 0.15) is 5.69 Å². The molecule has 1 aromatic rings. The van der Waals surface area contributed by atoms with Crippen LogP contribution in [0.3, 0.4) is 0 Å². The van der Waals surface area contributed by atoms with Gasteiger partial charge in [-0.25, -0.2) is 0 Å². The second-order valence-electron chi connectivity index (χ2n) is 5.50. The smallest absolute Gasteiger partial charge is 0.306 e. The minimum Gasteiger partial charge on any atom is -0.481 e. The summed E-state index contributed by atoms with van der Waals surface area (Å²) >= 11 is 0. The van der Waals surface area contributed by atoms with E-state index in [0.717, 1.165) is 18.5 Å². The van der Waals surface area contributed by atoms with Gasteiger partial charge in [-0.1, -0.05) is 32.9 Å². The molecule has 0 saturated carbocycles. The monoisotopic (exact) mass is 250 g/mol. The second-order valence-corrected chi connectivity index (χ2v) is 5.50. The summed E-state index contributed by atoms with van der Waals surface area (Å²) in [7, 11) is 0. The Bertz CT molecular complexity index is 384. The molecule has 0 aromatic heterocycles. The summed E-state index contributed by atoms with van der Waals surface area (Å²) in [4.78, 5) is 10.9. The van der Waals surface area contributed by atoms with E-state index < -0.39 is 5.97 Å².